The zero-order valence-electron chi connectivity index (χ0n) is 10.5. The molecule has 0 radical (unpaired) electrons. The van der Waals surface area contributed by atoms with Gasteiger partial charge >= 0.3 is 6.03 Å². The SMILES string of the molecule is Cc1ccc(Br)c(NC(=O)Nc2ccc(Cl)c(Cl)c2)c1. The number of benzene rings is 2. The summed E-state index contributed by atoms with van der Waals surface area (Å²) in [6.45, 7) is 1.95. The van der Waals surface area contributed by atoms with Crippen molar-refractivity contribution in [3.63, 3.8) is 0 Å². The fourth-order valence-electron chi connectivity index (χ4n) is 1.59. The van der Waals surface area contributed by atoms with Crippen molar-refractivity contribution in [2.75, 3.05) is 10.6 Å². The van der Waals surface area contributed by atoms with Crippen LogP contribution >= 0.6 is 39.1 Å². The third kappa shape index (κ3) is 3.88. The Balaban J connectivity index is 2.09. The van der Waals surface area contributed by atoms with Crippen LogP contribution in [0.1, 0.15) is 5.56 Å². The van der Waals surface area contributed by atoms with Crippen LogP contribution in [-0.4, -0.2) is 6.03 Å². The van der Waals surface area contributed by atoms with Crippen molar-refractivity contribution in [3.05, 3.63) is 56.5 Å². The summed E-state index contributed by atoms with van der Waals surface area (Å²) in [6, 6.07) is 10.2. The molecular formula is C14H11BrCl2N2O. The van der Waals surface area contributed by atoms with E-state index in [2.05, 4.69) is 26.6 Å². The van der Waals surface area contributed by atoms with Crippen molar-refractivity contribution in [1.29, 1.82) is 0 Å². The first-order chi connectivity index (χ1) is 9.45. The van der Waals surface area contributed by atoms with E-state index >= 15 is 0 Å². The summed E-state index contributed by atoms with van der Waals surface area (Å²) in [5.74, 6) is 0. The Morgan fingerprint density at radius 2 is 1.80 bits per heavy atom. The maximum atomic E-state index is 11.9. The van der Waals surface area contributed by atoms with Gasteiger partial charge in [0.2, 0.25) is 0 Å². The minimum atomic E-state index is -0.352. The molecule has 2 aromatic carbocycles. The molecule has 0 fully saturated rings. The molecule has 0 atom stereocenters. The van der Waals surface area contributed by atoms with Gasteiger partial charge in [-0.15, -0.1) is 0 Å². The summed E-state index contributed by atoms with van der Waals surface area (Å²) in [7, 11) is 0. The second-order valence-electron chi connectivity index (χ2n) is 4.19. The number of halogens is 3. The quantitative estimate of drug-likeness (QED) is 0.695. The minimum absolute atomic E-state index is 0.352. The van der Waals surface area contributed by atoms with E-state index in [0.29, 0.717) is 21.4 Å². The number of carbonyl (C=O) groups is 1. The molecule has 6 heteroatoms. The zero-order valence-corrected chi connectivity index (χ0v) is 13.6. The second kappa shape index (κ2) is 6.48. The number of aryl methyl sites for hydroxylation is 1. The van der Waals surface area contributed by atoms with E-state index in [4.69, 9.17) is 23.2 Å². The van der Waals surface area contributed by atoms with Crippen molar-refractivity contribution < 1.29 is 4.79 Å². The molecule has 2 amide bonds. The topological polar surface area (TPSA) is 41.1 Å². The van der Waals surface area contributed by atoms with E-state index in [9.17, 15) is 4.79 Å². The monoisotopic (exact) mass is 372 g/mol. The predicted octanol–water partition coefficient (Wildman–Crippen LogP) is 5.71. The van der Waals surface area contributed by atoms with E-state index < -0.39 is 0 Å². The highest BCUT2D eigenvalue weighted by molar-refractivity contribution is 9.10. The molecule has 2 aromatic rings. The number of amides is 2. The molecular weight excluding hydrogens is 363 g/mol. The number of hydrogen-bond donors (Lipinski definition) is 2. The van der Waals surface area contributed by atoms with Crippen LogP contribution in [0.25, 0.3) is 0 Å². The van der Waals surface area contributed by atoms with Gasteiger partial charge in [0.05, 0.1) is 15.7 Å². The van der Waals surface area contributed by atoms with Gasteiger partial charge in [-0.1, -0.05) is 29.3 Å². The van der Waals surface area contributed by atoms with Gasteiger partial charge in [-0.05, 0) is 58.7 Å². The van der Waals surface area contributed by atoms with Crippen molar-refractivity contribution in [2.24, 2.45) is 0 Å². The lowest BCUT2D eigenvalue weighted by Gasteiger charge is -2.10. The molecule has 3 nitrogen and oxygen atoms in total. The van der Waals surface area contributed by atoms with Gasteiger partial charge in [-0.2, -0.15) is 0 Å². The van der Waals surface area contributed by atoms with Gasteiger partial charge in [0.1, 0.15) is 0 Å². The normalized spacial score (nSPS) is 10.2. The zero-order chi connectivity index (χ0) is 14.7. The summed E-state index contributed by atoms with van der Waals surface area (Å²) in [4.78, 5) is 11.9. The van der Waals surface area contributed by atoms with Crippen LogP contribution in [0.2, 0.25) is 10.0 Å². The van der Waals surface area contributed by atoms with Gasteiger partial charge in [0, 0.05) is 10.2 Å². The third-order valence-corrected chi connectivity index (χ3v) is 3.98. The first-order valence-electron chi connectivity index (χ1n) is 5.75. The second-order valence-corrected chi connectivity index (χ2v) is 5.86. The van der Waals surface area contributed by atoms with E-state index in [1.165, 1.54) is 0 Å². The molecule has 20 heavy (non-hydrogen) atoms. The van der Waals surface area contributed by atoms with E-state index in [1.807, 2.05) is 25.1 Å². The van der Waals surface area contributed by atoms with Crippen LogP contribution in [0.15, 0.2) is 40.9 Å². The molecule has 0 aliphatic carbocycles. The highest BCUT2D eigenvalue weighted by Crippen LogP contribution is 2.26. The molecule has 0 saturated carbocycles. The van der Waals surface area contributed by atoms with Crippen LogP contribution in [0.3, 0.4) is 0 Å². The Kier molecular flexibility index (Phi) is 4.91. The first kappa shape index (κ1) is 15.2. The third-order valence-electron chi connectivity index (χ3n) is 2.55. The Morgan fingerprint density at radius 1 is 1.05 bits per heavy atom. The van der Waals surface area contributed by atoms with Crippen molar-refractivity contribution in [3.8, 4) is 0 Å². The van der Waals surface area contributed by atoms with Crippen molar-refractivity contribution in [1.82, 2.24) is 0 Å². The Labute approximate surface area is 135 Å². The fourth-order valence-corrected chi connectivity index (χ4v) is 2.24. The maximum Gasteiger partial charge on any atom is 0.323 e. The van der Waals surface area contributed by atoms with Gasteiger partial charge in [0.25, 0.3) is 0 Å². The highest BCUT2D eigenvalue weighted by atomic mass is 79.9. The van der Waals surface area contributed by atoms with E-state index in [1.54, 1.807) is 18.2 Å². The largest absolute Gasteiger partial charge is 0.323 e. The summed E-state index contributed by atoms with van der Waals surface area (Å²) >= 11 is 15.1. The lowest BCUT2D eigenvalue weighted by atomic mass is 10.2. The number of nitrogens with one attached hydrogen (secondary N) is 2. The van der Waals surface area contributed by atoms with E-state index in [0.717, 1.165) is 10.0 Å². The van der Waals surface area contributed by atoms with Gasteiger partial charge in [0.15, 0.2) is 0 Å². The molecule has 0 bridgehead atoms. The molecule has 0 unspecified atom stereocenters. The standard InChI is InChI=1S/C14H11BrCl2N2O/c1-8-2-4-10(15)13(6-8)19-14(20)18-9-3-5-11(16)12(17)7-9/h2-7H,1H3,(H2,18,19,20). The Morgan fingerprint density at radius 3 is 2.50 bits per heavy atom. The molecule has 0 spiro atoms. The average Bonchev–Trinajstić information content (AvgIpc) is 2.38. The average molecular weight is 374 g/mol. The summed E-state index contributed by atoms with van der Waals surface area (Å²) < 4.78 is 0.812. The molecule has 0 saturated heterocycles. The van der Waals surface area contributed by atoms with Gasteiger partial charge < -0.3 is 10.6 Å². The van der Waals surface area contributed by atoms with Crippen LogP contribution in [-0.2, 0) is 0 Å². The Hall–Kier alpha value is -1.23. The summed E-state index contributed by atoms with van der Waals surface area (Å²) in [5, 5.41) is 6.29. The van der Waals surface area contributed by atoms with Crippen LogP contribution in [0.4, 0.5) is 16.2 Å². The molecule has 0 aliphatic heterocycles. The number of anilines is 2. The lowest BCUT2D eigenvalue weighted by molar-refractivity contribution is 0.262. The minimum Gasteiger partial charge on any atom is -0.308 e. The smallest absolute Gasteiger partial charge is 0.308 e. The van der Waals surface area contributed by atoms with Crippen LogP contribution < -0.4 is 10.6 Å². The maximum absolute atomic E-state index is 11.9. The summed E-state index contributed by atoms with van der Waals surface area (Å²) in [5.41, 5.74) is 2.32. The highest BCUT2D eigenvalue weighted by Gasteiger charge is 2.07. The van der Waals surface area contributed by atoms with Crippen molar-refractivity contribution >= 4 is 56.5 Å². The fraction of sp³-hybridized carbons (Fsp3) is 0.0714. The van der Waals surface area contributed by atoms with E-state index in [-0.39, 0.29) is 6.03 Å². The molecule has 0 aliphatic rings. The molecule has 104 valence electrons. The van der Waals surface area contributed by atoms with Crippen LogP contribution in [0, 0.1) is 6.92 Å². The molecule has 0 heterocycles. The lowest BCUT2D eigenvalue weighted by Crippen LogP contribution is -2.19. The molecule has 0 aromatic heterocycles. The number of carbonyl (C=O) groups excluding carboxylic acids is 1. The first-order valence-corrected chi connectivity index (χ1v) is 7.30. The Bertz CT molecular complexity index is 662. The van der Waals surface area contributed by atoms with Gasteiger partial charge in [-0.25, -0.2) is 4.79 Å². The number of hydrogen-bond acceptors (Lipinski definition) is 1. The summed E-state index contributed by atoms with van der Waals surface area (Å²) in [6.07, 6.45) is 0. The molecule has 2 N–H and O–H groups in total. The number of rotatable bonds is 2. The number of urea groups is 1. The van der Waals surface area contributed by atoms with Crippen LogP contribution in [0.5, 0.6) is 0 Å². The van der Waals surface area contributed by atoms with Gasteiger partial charge in [-0.3, -0.25) is 0 Å². The predicted molar refractivity (Wildman–Crippen MR) is 88.0 cm³/mol. The van der Waals surface area contributed by atoms with Crippen molar-refractivity contribution in [2.45, 2.75) is 6.92 Å². The molecule has 2 rings (SSSR count).